The Kier molecular flexibility index (Phi) is 5.99. The van der Waals surface area contributed by atoms with Crippen LogP contribution in [0.25, 0.3) is 11.0 Å². The van der Waals surface area contributed by atoms with Gasteiger partial charge in [-0.2, -0.15) is 4.98 Å². The van der Waals surface area contributed by atoms with Gasteiger partial charge in [0.2, 0.25) is 5.95 Å². The Morgan fingerprint density at radius 1 is 1.27 bits per heavy atom. The van der Waals surface area contributed by atoms with E-state index in [1.54, 1.807) is 7.11 Å². The molecule has 3 heterocycles. The molecule has 7 heteroatoms. The van der Waals surface area contributed by atoms with Crippen molar-refractivity contribution in [2.24, 2.45) is 0 Å². The predicted molar refractivity (Wildman–Crippen MR) is 119 cm³/mol. The molecule has 3 aromatic rings. The number of nitrogens with one attached hydrogen (secondary N) is 1. The number of benzene rings is 1. The zero-order valence-electron chi connectivity index (χ0n) is 17.8. The highest BCUT2D eigenvalue weighted by molar-refractivity contribution is 5.83. The molecule has 158 valence electrons. The minimum atomic E-state index is -0.348. The summed E-state index contributed by atoms with van der Waals surface area (Å²) in [6, 6.07) is 9.65. The normalized spacial score (nSPS) is 16.4. The predicted octanol–water partition coefficient (Wildman–Crippen LogP) is 4.20. The Morgan fingerprint density at radius 2 is 2.13 bits per heavy atom. The van der Waals surface area contributed by atoms with E-state index >= 15 is 0 Å². The van der Waals surface area contributed by atoms with Gasteiger partial charge in [-0.25, -0.2) is 9.78 Å². The molecule has 2 aromatic heterocycles. The fourth-order valence-electron chi connectivity index (χ4n) is 4.11. The van der Waals surface area contributed by atoms with Crippen molar-refractivity contribution in [2.75, 3.05) is 30.5 Å². The van der Waals surface area contributed by atoms with E-state index in [1.807, 2.05) is 25.1 Å². The van der Waals surface area contributed by atoms with Crippen molar-refractivity contribution in [3.63, 3.8) is 0 Å². The van der Waals surface area contributed by atoms with Gasteiger partial charge in [-0.05, 0) is 43.9 Å². The second kappa shape index (κ2) is 8.83. The number of anilines is 3. The minimum Gasteiger partial charge on any atom is -0.423 e. The van der Waals surface area contributed by atoms with E-state index in [0.29, 0.717) is 24.2 Å². The summed E-state index contributed by atoms with van der Waals surface area (Å²) in [6.45, 7) is 5.71. The van der Waals surface area contributed by atoms with Crippen LogP contribution in [-0.4, -0.2) is 36.3 Å². The lowest BCUT2D eigenvalue weighted by Gasteiger charge is -2.26. The first kappa shape index (κ1) is 20.3. The van der Waals surface area contributed by atoms with Gasteiger partial charge in [-0.1, -0.05) is 13.3 Å². The molecule has 1 atom stereocenters. The van der Waals surface area contributed by atoms with Crippen LogP contribution in [0.3, 0.4) is 0 Å². The lowest BCUT2D eigenvalue weighted by molar-refractivity contribution is 0.180. The van der Waals surface area contributed by atoms with Gasteiger partial charge < -0.3 is 19.4 Å². The highest BCUT2D eigenvalue weighted by atomic mass is 16.5. The summed E-state index contributed by atoms with van der Waals surface area (Å²) in [6.07, 6.45) is 4.14. The van der Waals surface area contributed by atoms with E-state index in [-0.39, 0.29) is 5.63 Å². The first-order chi connectivity index (χ1) is 14.6. The zero-order valence-corrected chi connectivity index (χ0v) is 17.8. The summed E-state index contributed by atoms with van der Waals surface area (Å²) < 4.78 is 10.8. The lowest BCUT2D eigenvalue weighted by atomic mass is 10.1. The number of hydrogen-bond donors (Lipinski definition) is 1. The molecule has 0 aliphatic carbocycles. The molecule has 0 bridgehead atoms. The molecular formula is C23H28N4O3. The van der Waals surface area contributed by atoms with Gasteiger partial charge in [-0.3, -0.25) is 0 Å². The van der Waals surface area contributed by atoms with Crippen LogP contribution < -0.4 is 15.8 Å². The maximum absolute atomic E-state index is 11.7. The quantitative estimate of drug-likeness (QED) is 0.587. The van der Waals surface area contributed by atoms with Crippen molar-refractivity contribution in [2.45, 2.75) is 45.6 Å². The number of hydrogen-bond acceptors (Lipinski definition) is 7. The van der Waals surface area contributed by atoms with Crippen molar-refractivity contribution >= 4 is 28.4 Å². The molecule has 0 radical (unpaired) electrons. The number of nitrogens with zero attached hydrogens (tertiary/aromatic N) is 3. The number of aryl methyl sites for hydroxylation is 2. The average molecular weight is 409 g/mol. The summed E-state index contributed by atoms with van der Waals surface area (Å²) >= 11 is 0. The minimum absolute atomic E-state index is 0.338. The highest BCUT2D eigenvalue weighted by Gasteiger charge is 2.26. The van der Waals surface area contributed by atoms with Crippen LogP contribution in [0.2, 0.25) is 0 Å². The van der Waals surface area contributed by atoms with Gasteiger partial charge >= 0.3 is 5.63 Å². The molecule has 1 aliphatic heterocycles. The van der Waals surface area contributed by atoms with Crippen LogP contribution >= 0.6 is 0 Å². The maximum Gasteiger partial charge on any atom is 0.336 e. The van der Waals surface area contributed by atoms with E-state index < -0.39 is 0 Å². The molecule has 1 aliphatic rings. The molecule has 0 amide bonds. The van der Waals surface area contributed by atoms with Gasteiger partial charge in [0, 0.05) is 48.6 Å². The lowest BCUT2D eigenvalue weighted by Crippen LogP contribution is -2.33. The molecule has 4 rings (SSSR count). The number of ether oxygens (including phenoxy) is 1. The topological polar surface area (TPSA) is 80.5 Å². The van der Waals surface area contributed by atoms with Crippen LogP contribution in [0.5, 0.6) is 0 Å². The van der Waals surface area contributed by atoms with Crippen molar-refractivity contribution in [1.82, 2.24) is 9.97 Å². The maximum atomic E-state index is 11.7. The largest absolute Gasteiger partial charge is 0.423 e. The van der Waals surface area contributed by atoms with Gasteiger partial charge in [0.25, 0.3) is 0 Å². The summed E-state index contributed by atoms with van der Waals surface area (Å²) in [7, 11) is 1.74. The molecule has 30 heavy (non-hydrogen) atoms. The molecular weight excluding hydrogens is 380 g/mol. The standard InChI is InChI=1S/C23H28N4O3/c1-4-6-16-13-21(27-10-5-7-18(27)14-29-3)26-23(24-16)25-17-8-9-19-15(2)11-22(28)30-20(19)12-17/h8-9,11-13,18H,4-7,10,14H2,1-3H3,(H,24,25,26). The van der Waals surface area contributed by atoms with Crippen LogP contribution in [0, 0.1) is 6.92 Å². The van der Waals surface area contributed by atoms with Gasteiger partial charge in [0.15, 0.2) is 0 Å². The summed E-state index contributed by atoms with van der Waals surface area (Å²) in [5.74, 6) is 1.48. The zero-order chi connectivity index (χ0) is 21.1. The summed E-state index contributed by atoms with van der Waals surface area (Å²) in [5.41, 5.74) is 2.89. The molecule has 0 saturated carbocycles. The molecule has 1 aromatic carbocycles. The fraction of sp³-hybridized carbons (Fsp3) is 0.435. The number of fused-ring (bicyclic) bond motifs is 1. The van der Waals surface area contributed by atoms with E-state index in [2.05, 4.69) is 23.2 Å². The third-order valence-electron chi connectivity index (χ3n) is 5.51. The van der Waals surface area contributed by atoms with Crippen molar-refractivity contribution in [1.29, 1.82) is 0 Å². The summed E-state index contributed by atoms with van der Waals surface area (Å²) in [5, 5.41) is 4.22. The van der Waals surface area contributed by atoms with Gasteiger partial charge in [0.1, 0.15) is 11.4 Å². The van der Waals surface area contributed by atoms with E-state index in [0.717, 1.165) is 60.4 Å². The first-order valence-corrected chi connectivity index (χ1v) is 10.5. The van der Waals surface area contributed by atoms with E-state index in [9.17, 15) is 4.79 Å². The summed E-state index contributed by atoms with van der Waals surface area (Å²) in [4.78, 5) is 23.6. The number of aromatic nitrogens is 2. The van der Waals surface area contributed by atoms with Crippen LogP contribution in [0.4, 0.5) is 17.5 Å². The van der Waals surface area contributed by atoms with Crippen molar-refractivity contribution in [3.8, 4) is 0 Å². The Hall–Kier alpha value is -2.93. The SMILES string of the molecule is CCCc1cc(N2CCCC2COC)nc(Nc2ccc3c(C)cc(=O)oc3c2)n1. The average Bonchev–Trinajstić information content (AvgIpc) is 3.16. The Labute approximate surface area is 176 Å². The van der Waals surface area contributed by atoms with Crippen LogP contribution in [-0.2, 0) is 11.2 Å². The fourth-order valence-corrected chi connectivity index (χ4v) is 4.11. The third-order valence-corrected chi connectivity index (χ3v) is 5.51. The number of methoxy groups -OCH3 is 1. The Bertz CT molecular complexity index is 1100. The third kappa shape index (κ3) is 4.31. The van der Waals surface area contributed by atoms with E-state index in [4.69, 9.17) is 19.1 Å². The second-order valence-corrected chi connectivity index (χ2v) is 7.82. The Morgan fingerprint density at radius 3 is 2.93 bits per heavy atom. The first-order valence-electron chi connectivity index (χ1n) is 10.5. The number of rotatable bonds is 7. The highest BCUT2D eigenvalue weighted by Crippen LogP contribution is 2.28. The Balaban J connectivity index is 1.67. The van der Waals surface area contributed by atoms with Crippen LogP contribution in [0.15, 0.2) is 39.5 Å². The van der Waals surface area contributed by atoms with Crippen molar-refractivity contribution < 1.29 is 9.15 Å². The molecule has 1 unspecified atom stereocenters. The van der Waals surface area contributed by atoms with Gasteiger partial charge in [-0.15, -0.1) is 0 Å². The molecule has 0 spiro atoms. The smallest absolute Gasteiger partial charge is 0.336 e. The van der Waals surface area contributed by atoms with Crippen molar-refractivity contribution in [3.05, 3.63) is 52.0 Å². The van der Waals surface area contributed by atoms with E-state index in [1.165, 1.54) is 6.07 Å². The molecule has 1 fully saturated rings. The molecule has 1 N–H and O–H groups in total. The second-order valence-electron chi connectivity index (χ2n) is 7.82. The molecule has 7 nitrogen and oxygen atoms in total. The molecule has 1 saturated heterocycles. The van der Waals surface area contributed by atoms with Crippen LogP contribution in [0.1, 0.15) is 37.4 Å². The monoisotopic (exact) mass is 408 g/mol. The van der Waals surface area contributed by atoms with Gasteiger partial charge in [0.05, 0.1) is 12.6 Å².